The lowest BCUT2D eigenvalue weighted by molar-refractivity contribution is -0.118. The van der Waals surface area contributed by atoms with Gasteiger partial charge in [-0.2, -0.15) is 0 Å². The Kier molecular flexibility index (Phi) is 5.18. The van der Waals surface area contributed by atoms with Crippen molar-refractivity contribution in [1.29, 1.82) is 0 Å². The molecule has 6 heteroatoms. The van der Waals surface area contributed by atoms with Crippen molar-refractivity contribution < 1.29 is 19.1 Å². The van der Waals surface area contributed by atoms with Gasteiger partial charge in [0.15, 0.2) is 18.1 Å². The quantitative estimate of drug-likeness (QED) is 0.878. The first-order valence-electron chi connectivity index (χ1n) is 8.14. The van der Waals surface area contributed by atoms with Crippen molar-refractivity contribution in [3.63, 3.8) is 0 Å². The Morgan fingerprint density at radius 2 is 1.84 bits per heavy atom. The van der Waals surface area contributed by atoms with E-state index in [0.29, 0.717) is 30.2 Å². The maximum absolute atomic E-state index is 12.3. The first kappa shape index (κ1) is 16.8. The standard InChI is InChI=1S/C19H20N2O4/c1-24-16-9-4-5-10-17(16)25-13-18(22)20-14-7-2-3-8-15(14)21-12-6-11-19(21)23/h2-5,7-10H,6,11-13H2,1H3,(H,20,22). The highest BCUT2D eigenvalue weighted by Crippen LogP contribution is 2.29. The fourth-order valence-electron chi connectivity index (χ4n) is 2.79. The number of para-hydroxylation sites is 4. The Morgan fingerprint density at radius 3 is 2.56 bits per heavy atom. The molecule has 1 aliphatic rings. The van der Waals surface area contributed by atoms with Crippen LogP contribution in [-0.4, -0.2) is 32.1 Å². The van der Waals surface area contributed by atoms with Gasteiger partial charge in [0.1, 0.15) is 0 Å². The number of anilines is 2. The molecular formula is C19H20N2O4. The largest absolute Gasteiger partial charge is 0.493 e. The number of amides is 2. The average molecular weight is 340 g/mol. The van der Waals surface area contributed by atoms with Gasteiger partial charge in [0, 0.05) is 13.0 Å². The number of ether oxygens (including phenoxy) is 2. The summed E-state index contributed by atoms with van der Waals surface area (Å²) in [6, 6.07) is 14.4. The molecule has 1 saturated heterocycles. The van der Waals surface area contributed by atoms with E-state index in [-0.39, 0.29) is 18.4 Å². The van der Waals surface area contributed by atoms with Crippen LogP contribution < -0.4 is 19.7 Å². The summed E-state index contributed by atoms with van der Waals surface area (Å²) in [5.74, 6) is 0.846. The van der Waals surface area contributed by atoms with Gasteiger partial charge in [0.05, 0.1) is 18.5 Å². The number of nitrogens with one attached hydrogen (secondary N) is 1. The maximum Gasteiger partial charge on any atom is 0.262 e. The smallest absolute Gasteiger partial charge is 0.262 e. The molecular weight excluding hydrogens is 320 g/mol. The third kappa shape index (κ3) is 3.91. The lowest BCUT2D eigenvalue weighted by Gasteiger charge is -2.20. The van der Waals surface area contributed by atoms with E-state index in [1.807, 2.05) is 30.3 Å². The van der Waals surface area contributed by atoms with Crippen LogP contribution in [-0.2, 0) is 9.59 Å². The fraction of sp³-hybridized carbons (Fsp3) is 0.263. The number of benzene rings is 2. The normalized spacial score (nSPS) is 13.6. The molecule has 0 spiro atoms. The molecule has 25 heavy (non-hydrogen) atoms. The average Bonchev–Trinajstić information content (AvgIpc) is 3.06. The van der Waals surface area contributed by atoms with Gasteiger partial charge in [-0.1, -0.05) is 24.3 Å². The third-order valence-corrected chi connectivity index (χ3v) is 3.97. The number of carbonyl (C=O) groups excluding carboxylic acids is 2. The molecule has 1 heterocycles. The van der Waals surface area contributed by atoms with Crippen molar-refractivity contribution in [2.75, 3.05) is 30.5 Å². The van der Waals surface area contributed by atoms with E-state index in [9.17, 15) is 9.59 Å². The van der Waals surface area contributed by atoms with Crippen LogP contribution in [0.3, 0.4) is 0 Å². The first-order valence-corrected chi connectivity index (χ1v) is 8.14. The second-order valence-corrected chi connectivity index (χ2v) is 5.65. The first-order chi connectivity index (χ1) is 12.2. The lowest BCUT2D eigenvalue weighted by atomic mass is 10.2. The predicted molar refractivity (Wildman–Crippen MR) is 95.1 cm³/mol. The molecule has 0 atom stereocenters. The summed E-state index contributed by atoms with van der Waals surface area (Å²) in [6.45, 7) is 0.520. The summed E-state index contributed by atoms with van der Waals surface area (Å²) in [5, 5.41) is 2.82. The molecule has 0 unspecified atom stereocenters. The highest BCUT2D eigenvalue weighted by atomic mass is 16.5. The zero-order chi connectivity index (χ0) is 17.6. The SMILES string of the molecule is COc1ccccc1OCC(=O)Nc1ccccc1N1CCCC1=O. The number of nitrogens with zero attached hydrogens (tertiary/aromatic N) is 1. The number of methoxy groups -OCH3 is 1. The van der Waals surface area contributed by atoms with Gasteiger partial charge in [-0.25, -0.2) is 0 Å². The van der Waals surface area contributed by atoms with Crippen molar-refractivity contribution in [1.82, 2.24) is 0 Å². The van der Waals surface area contributed by atoms with Gasteiger partial charge >= 0.3 is 0 Å². The van der Waals surface area contributed by atoms with Crippen molar-refractivity contribution in [3.8, 4) is 11.5 Å². The second kappa shape index (κ2) is 7.70. The van der Waals surface area contributed by atoms with Gasteiger partial charge in [-0.05, 0) is 30.7 Å². The zero-order valence-corrected chi connectivity index (χ0v) is 14.0. The van der Waals surface area contributed by atoms with Gasteiger partial charge in [-0.15, -0.1) is 0 Å². The molecule has 1 fully saturated rings. The Labute approximate surface area is 146 Å². The second-order valence-electron chi connectivity index (χ2n) is 5.65. The molecule has 130 valence electrons. The van der Waals surface area contributed by atoms with Gasteiger partial charge < -0.3 is 19.7 Å². The van der Waals surface area contributed by atoms with Crippen molar-refractivity contribution in [3.05, 3.63) is 48.5 Å². The van der Waals surface area contributed by atoms with E-state index in [2.05, 4.69) is 5.32 Å². The molecule has 2 aromatic carbocycles. The van der Waals surface area contributed by atoms with Crippen molar-refractivity contribution in [2.45, 2.75) is 12.8 Å². The van der Waals surface area contributed by atoms with Crippen LogP contribution in [0.25, 0.3) is 0 Å². The molecule has 2 amide bonds. The summed E-state index contributed by atoms with van der Waals surface area (Å²) in [5.41, 5.74) is 1.32. The summed E-state index contributed by atoms with van der Waals surface area (Å²) in [7, 11) is 1.55. The number of carbonyl (C=O) groups is 2. The molecule has 2 aromatic rings. The summed E-state index contributed by atoms with van der Waals surface area (Å²) in [4.78, 5) is 25.9. The molecule has 0 aliphatic carbocycles. The Bertz CT molecular complexity index is 776. The highest BCUT2D eigenvalue weighted by molar-refractivity contribution is 6.02. The Hall–Kier alpha value is -3.02. The molecule has 0 saturated carbocycles. The van der Waals surface area contributed by atoms with E-state index >= 15 is 0 Å². The van der Waals surface area contributed by atoms with E-state index in [1.165, 1.54) is 0 Å². The van der Waals surface area contributed by atoms with E-state index in [4.69, 9.17) is 9.47 Å². The predicted octanol–water partition coefficient (Wildman–Crippen LogP) is 2.84. The monoisotopic (exact) mass is 340 g/mol. The minimum absolute atomic E-state index is 0.0759. The molecule has 0 radical (unpaired) electrons. The molecule has 3 rings (SSSR count). The third-order valence-electron chi connectivity index (χ3n) is 3.97. The van der Waals surface area contributed by atoms with Gasteiger partial charge in [0.2, 0.25) is 5.91 Å². The molecule has 1 aliphatic heterocycles. The maximum atomic E-state index is 12.3. The molecule has 6 nitrogen and oxygen atoms in total. The molecule has 0 bridgehead atoms. The van der Waals surface area contributed by atoms with E-state index in [0.717, 1.165) is 12.1 Å². The minimum Gasteiger partial charge on any atom is -0.493 e. The Balaban J connectivity index is 1.66. The number of rotatable bonds is 6. The van der Waals surface area contributed by atoms with E-state index < -0.39 is 0 Å². The summed E-state index contributed by atoms with van der Waals surface area (Å²) < 4.78 is 10.7. The van der Waals surface area contributed by atoms with Crippen molar-refractivity contribution >= 4 is 23.2 Å². The Morgan fingerprint density at radius 1 is 1.12 bits per heavy atom. The van der Waals surface area contributed by atoms with E-state index in [1.54, 1.807) is 30.2 Å². The lowest BCUT2D eigenvalue weighted by Crippen LogP contribution is -2.27. The minimum atomic E-state index is -0.301. The fourth-order valence-corrected chi connectivity index (χ4v) is 2.79. The van der Waals surface area contributed by atoms with Crippen LogP contribution in [0.1, 0.15) is 12.8 Å². The van der Waals surface area contributed by atoms with Crippen LogP contribution in [0.2, 0.25) is 0 Å². The van der Waals surface area contributed by atoms with Crippen LogP contribution >= 0.6 is 0 Å². The van der Waals surface area contributed by atoms with Crippen LogP contribution in [0, 0.1) is 0 Å². The zero-order valence-electron chi connectivity index (χ0n) is 14.0. The summed E-state index contributed by atoms with van der Waals surface area (Å²) >= 11 is 0. The molecule has 0 aromatic heterocycles. The summed E-state index contributed by atoms with van der Waals surface area (Å²) in [6.07, 6.45) is 1.37. The van der Waals surface area contributed by atoms with Crippen LogP contribution in [0.5, 0.6) is 11.5 Å². The highest BCUT2D eigenvalue weighted by Gasteiger charge is 2.24. The number of hydrogen-bond donors (Lipinski definition) is 1. The van der Waals surface area contributed by atoms with Crippen molar-refractivity contribution in [2.24, 2.45) is 0 Å². The van der Waals surface area contributed by atoms with Gasteiger partial charge in [-0.3, -0.25) is 9.59 Å². The van der Waals surface area contributed by atoms with Crippen LogP contribution in [0.4, 0.5) is 11.4 Å². The van der Waals surface area contributed by atoms with Crippen LogP contribution in [0.15, 0.2) is 48.5 Å². The number of hydrogen-bond acceptors (Lipinski definition) is 4. The topological polar surface area (TPSA) is 67.9 Å². The van der Waals surface area contributed by atoms with Gasteiger partial charge in [0.25, 0.3) is 5.91 Å². The molecule has 1 N–H and O–H groups in total.